The first-order valence-electron chi connectivity index (χ1n) is 13.9. The Kier molecular flexibility index (Phi) is 12.4. The first-order chi connectivity index (χ1) is 20.4. The third-order valence-electron chi connectivity index (χ3n) is 6.51. The molecule has 0 spiro atoms. The Morgan fingerprint density at radius 2 is 0.767 bits per heavy atom. The number of aryl methyl sites for hydroxylation is 3. The van der Waals surface area contributed by atoms with Gasteiger partial charge in [-0.1, -0.05) is 76.4 Å². The van der Waals surface area contributed by atoms with Gasteiger partial charge >= 0.3 is 0 Å². The monoisotopic (exact) mass is 636 g/mol. The molecule has 0 bridgehead atoms. The molecule has 0 unspecified atom stereocenters. The average Bonchev–Trinajstić information content (AvgIpc) is 2.98. The quantitative estimate of drug-likeness (QED) is 0.0574. The summed E-state index contributed by atoms with van der Waals surface area (Å²) in [6, 6.07) is 27.9. The van der Waals surface area contributed by atoms with Gasteiger partial charge in [-0.3, -0.25) is 0 Å². The van der Waals surface area contributed by atoms with Crippen molar-refractivity contribution in [3.05, 3.63) is 119 Å². The Labute approximate surface area is 252 Å². The summed E-state index contributed by atoms with van der Waals surface area (Å²) in [5.41, 5.74) is 4.31. The predicted molar refractivity (Wildman–Crippen MR) is 158 cm³/mol. The van der Waals surface area contributed by atoms with E-state index in [2.05, 4.69) is 93.6 Å². The Hall–Kier alpha value is -3.21. The van der Waals surface area contributed by atoms with Crippen molar-refractivity contribution < 1.29 is 34.9 Å². The molecular weight excluding hydrogens is 603 g/mol. The zero-order chi connectivity index (χ0) is 31.7. The maximum atomic E-state index is 12.6. The van der Waals surface area contributed by atoms with E-state index in [1.807, 2.05) is 0 Å². The normalized spacial score (nSPS) is 11.4. The maximum absolute atomic E-state index is 12.6. The molecule has 10 heteroatoms. The van der Waals surface area contributed by atoms with Crippen LogP contribution in [0.25, 0.3) is 0 Å². The van der Waals surface area contributed by atoms with Gasteiger partial charge in [-0.05, 0) is 72.4 Å². The minimum absolute atomic E-state index is 0.0512. The van der Waals surface area contributed by atoms with Gasteiger partial charge in [0.2, 0.25) is 5.82 Å². The molecule has 0 saturated carbocycles. The van der Waals surface area contributed by atoms with Crippen LogP contribution in [0.2, 0.25) is 0 Å². The van der Waals surface area contributed by atoms with Crippen LogP contribution in [0.5, 0.6) is 0 Å². The molecule has 0 aromatic heterocycles. The second kappa shape index (κ2) is 15.5. The van der Waals surface area contributed by atoms with Crippen LogP contribution in [0.15, 0.2) is 92.4 Å². The number of hydrogen-bond acceptors (Lipinski definition) is 3. The van der Waals surface area contributed by atoms with E-state index in [4.69, 9.17) is 0 Å². The van der Waals surface area contributed by atoms with Crippen LogP contribution in [0.3, 0.4) is 0 Å². The smallest absolute Gasteiger partial charge is 0.200 e. The molecule has 4 aromatic rings. The summed E-state index contributed by atoms with van der Waals surface area (Å²) in [4.78, 5) is 1.85. The lowest BCUT2D eigenvalue weighted by atomic mass is 10.1. The molecule has 4 aromatic carbocycles. The Morgan fingerprint density at radius 1 is 0.512 bits per heavy atom. The van der Waals surface area contributed by atoms with Gasteiger partial charge in [-0.25, -0.2) is 30.4 Å². The van der Waals surface area contributed by atoms with Crippen LogP contribution in [0.1, 0.15) is 56.7 Å². The number of halogens is 5. The molecule has 0 aliphatic heterocycles. The van der Waals surface area contributed by atoms with E-state index in [-0.39, 0.29) is 10.9 Å². The van der Waals surface area contributed by atoms with E-state index in [1.165, 1.54) is 50.6 Å². The van der Waals surface area contributed by atoms with Crippen molar-refractivity contribution in [3.8, 4) is 0 Å². The molecular formula is C33H33F5O3S2. The Morgan fingerprint density at radius 3 is 1.00 bits per heavy atom. The van der Waals surface area contributed by atoms with Crippen molar-refractivity contribution >= 4 is 21.0 Å². The van der Waals surface area contributed by atoms with E-state index in [0.29, 0.717) is 0 Å². The van der Waals surface area contributed by atoms with Crippen molar-refractivity contribution in [1.29, 1.82) is 0 Å². The molecule has 0 heterocycles. The second-order valence-electron chi connectivity index (χ2n) is 9.84. The lowest BCUT2D eigenvalue weighted by molar-refractivity contribution is 0.350. The minimum atomic E-state index is -5.77. The van der Waals surface area contributed by atoms with Crippen LogP contribution in [0.4, 0.5) is 22.0 Å². The van der Waals surface area contributed by atoms with Gasteiger partial charge in [-0.2, -0.15) is 0 Å². The van der Waals surface area contributed by atoms with Crippen LogP contribution >= 0.6 is 0 Å². The molecule has 0 saturated heterocycles. The molecule has 0 aliphatic carbocycles. The van der Waals surface area contributed by atoms with Gasteiger partial charge < -0.3 is 4.55 Å². The van der Waals surface area contributed by atoms with E-state index in [0.717, 1.165) is 19.3 Å². The fraction of sp³-hybridized carbons (Fsp3) is 0.273. The summed E-state index contributed by atoms with van der Waals surface area (Å²) in [7, 11) is -5.82. The maximum Gasteiger partial charge on any atom is 0.200 e. The van der Waals surface area contributed by atoms with Gasteiger partial charge in [0.05, 0.1) is 10.9 Å². The summed E-state index contributed by atoms with van der Waals surface area (Å²) < 4.78 is 92.9. The molecule has 0 fully saturated rings. The predicted octanol–water partition coefficient (Wildman–Crippen LogP) is 8.93. The Bertz CT molecular complexity index is 1460. The summed E-state index contributed by atoms with van der Waals surface area (Å²) in [5, 5.41) is 0. The third-order valence-corrected chi connectivity index (χ3v) is 9.60. The van der Waals surface area contributed by atoms with Crippen molar-refractivity contribution in [2.24, 2.45) is 0 Å². The number of hydrogen-bond donors (Lipinski definition) is 0. The van der Waals surface area contributed by atoms with E-state index >= 15 is 0 Å². The topological polar surface area (TPSA) is 57.2 Å². The van der Waals surface area contributed by atoms with E-state index in [9.17, 15) is 34.9 Å². The first-order valence-corrected chi connectivity index (χ1v) is 16.5. The largest absolute Gasteiger partial charge is 0.744 e. The number of benzene rings is 4. The van der Waals surface area contributed by atoms with E-state index in [1.54, 1.807) is 0 Å². The lowest BCUT2D eigenvalue weighted by Crippen LogP contribution is -2.12. The zero-order valence-electron chi connectivity index (χ0n) is 24.1. The van der Waals surface area contributed by atoms with Crippen molar-refractivity contribution in [2.45, 2.75) is 78.9 Å². The fourth-order valence-electron chi connectivity index (χ4n) is 4.46. The van der Waals surface area contributed by atoms with Crippen LogP contribution in [-0.2, 0) is 40.3 Å². The SMILES string of the molecule is CCCc1ccc([S+](c2ccc(CCC)cc2)c2ccc(CCC)cc2)cc1.O=S(=O)([O-])c1c(F)c(F)c(F)c(F)c1F. The fourth-order valence-corrected chi connectivity index (χ4v) is 7.11. The number of rotatable bonds is 10. The standard InChI is InChI=1S/C27H33S.C6HF5O3S/c1-4-7-22-10-16-25(17-11-22)28(26-18-12-23(8-5-2)13-19-26)27-20-14-24(9-6-3)15-21-27;7-1-2(8)4(10)6(15(12,13)14)5(11)3(1)9/h10-21H,4-9H2,1-3H3;(H,12,13,14)/q+1;/p-1. The minimum Gasteiger partial charge on any atom is -0.744 e. The zero-order valence-corrected chi connectivity index (χ0v) is 25.7. The molecule has 0 radical (unpaired) electrons. The molecule has 0 atom stereocenters. The molecule has 230 valence electrons. The molecule has 4 rings (SSSR count). The first kappa shape index (κ1) is 34.3. The molecule has 3 nitrogen and oxygen atoms in total. The Balaban J connectivity index is 0.000000285. The van der Waals surface area contributed by atoms with Gasteiger partial charge in [0, 0.05) is 0 Å². The lowest BCUT2D eigenvalue weighted by Gasteiger charge is -2.10. The summed E-state index contributed by atoms with van der Waals surface area (Å²) >= 11 is 0. The summed E-state index contributed by atoms with van der Waals surface area (Å²) in [6.07, 6.45) is 7.07. The molecule has 0 N–H and O–H groups in total. The molecule has 0 aliphatic rings. The van der Waals surface area contributed by atoms with Gasteiger partial charge in [0.1, 0.15) is 15.0 Å². The van der Waals surface area contributed by atoms with Gasteiger partial charge in [-0.15, -0.1) is 0 Å². The molecule has 0 amide bonds. The summed E-state index contributed by atoms with van der Waals surface area (Å²) in [6.45, 7) is 6.73. The highest BCUT2D eigenvalue weighted by atomic mass is 32.2. The van der Waals surface area contributed by atoms with Gasteiger partial charge in [0.25, 0.3) is 0 Å². The highest BCUT2D eigenvalue weighted by Crippen LogP contribution is 2.32. The van der Waals surface area contributed by atoms with Crippen molar-refractivity contribution in [2.75, 3.05) is 0 Å². The third kappa shape index (κ3) is 8.68. The van der Waals surface area contributed by atoms with Crippen LogP contribution in [0, 0.1) is 29.1 Å². The summed E-state index contributed by atoms with van der Waals surface area (Å²) in [5.74, 6) is -12.8. The second-order valence-corrected chi connectivity index (χ2v) is 13.2. The van der Waals surface area contributed by atoms with Gasteiger partial charge in [0.15, 0.2) is 38.0 Å². The van der Waals surface area contributed by atoms with Crippen molar-refractivity contribution in [1.82, 2.24) is 0 Å². The van der Waals surface area contributed by atoms with Crippen molar-refractivity contribution in [3.63, 3.8) is 0 Å². The highest BCUT2D eigenvalue weighted by Gasteiger charge is 2.30. The van der Waals surface area contributed by atoms with Crippen LogP contribution < -0.4 is 0 Å². The van der Waals surface area contributed by atoms with Crippen LogP contribution in [-0.4, -0.2) is 13.0 Å². The average molecular weight is 637 g/mol. The molecule has 43 heavy (non-hydrogen) atoms. The highest BCUT2D eigenvalue weighted by molar-refractivity contribution is 7.97. The van der Waals surface area contributed by atoms with E-state index < -0.39 is 44.1 Å².